The van der Waals surface area contributed by atoms with E-state index in [9.17, 15) is 14.0 Å². The van der Waals surface area contributed by atoms with Crippen molar-refractivity contribution >= 4 is 12.1 Å². The van der Waals surface area contributed by atoms with E-state index >= 15 is 0 Å². The molecule has 0 spiro atoms. The maximum atomic E-state index is 13.0. The van der Waals surface area contributed by atoms with Crippen LogP contribution in [0.2, 0.25) is 0 Å². The van der Waals surface area contributed by atoms with Crippen LogP contribution in [0.3, 0.4) is 0 Å². The Labute approximate surface area is 121 Å². The molecular formula is C15H16FNO4. The van der Waals surface area contributed by atoms with Gasteiger partial charge < -0.3 is 9.47 Å². The molecular weight excluding hydrogens is 277 g/mol. The number of rotatable bonds is 2. The minimum Gasteiger partial charge on any atom is -0.466 e. The maximum Gasteiger partial charge on any atom is 0.413 e. The lowest BCUT2D eigenvalue weighted by atomic mass is 9.86. The van der Waals surface area contributed by atoms with Crippen molar-refractivity contribution in [3.05, 3.63) is 47.4 Å². The van der Waals surface area contributed by atoms with E-state index < -0.39 is 12.1 Å². The average molecular weight is 293 g/mol. The van der Waals surface area contributed by atoms with Crippen LogP contribution in [-0.4, -0.2) is 37.7 Å². The first kappa shape index (κ1) is 15.0. The first-order chi connectivity index (χ1) is 10.1. The minimum atomic E-state index is -0.533. The van der Waals surface area contributed by atoms with Crippen molar-refractivity contribution in [1.82, 2.24) is 4.90 Å². The van der Waals surface area contributed by atoms with E-state index in [1.54, 1.807) is 12.1 Å². The number of nitrogens with zero attached hydrogens (tertiary/aromatic N) is 1. The van der Waals surface area contributed by atoms with Crippen LogP contribution < -0.4 is 0 Å². The van der Waals surface area contributed by atoms with Crippen molar-refractivity contribution in [1.29, 1.82) is 0 Å². The molecule has 1 atom stereocenters. The van der Waals surface area contributed by atoms with Gasteiger partial charge >= 0.3 is 12.1 Å². The number of hydrogen-bond acceptors (Lipinski definition) is 4. The Morgan fingerprint density at radius 1 is 1.19 bits per heavy atom. The van der Waals surface area contributed by atoms with Gasteiger partial charge in [0.05, 0.1) is 19.8 Å². The number of halogens is 1. The van der Waals surface area contributed by atoms with Gasteiger partial charge in [-0.05, 0) is 24.1 Å². The van der Waals surface area contributed by atoms with Crippen molar-refractivity contribution in [2.75, 3.05) is 20.8 Å². The third-order valence-corrected chi connectivity index (χ3v) is 3.43. The second-order valence-corrected chi connectivity index (χ2v) is 4.63. The van der Waals surface area contributed by atoms with E-state index in [1.165, 1.54) is 37.5 Å². The smallest absolute Gasteiger partial charge is 0.413 e. The Balaban J connectivity index is 2.35. The first-order valence-electron chi connectivity index (χ1n) is 6.47. The summed E-state index contributed by atoms with van der Waals surface area (Å²) in [6, 6.07) is 5.95. The van der Waals surface area contributed by atoms with E-state index in [0.29, 0.717) is 18.5 Å². The summed E-state index contributed by atoms with van der Waals surface area (Å²) in [7, 11) is 2.56. The zero-order valence-corrected chi connectivity index (χ0v) is 11.8. The molecule has 21 heavy (non-hydrogen) atoms. The topological polar surface area (TPSA) is 55.8 Å². The molecule has 1 heterocycles. The standard InChI is InChI=1S/C15H16FNO4/c1-20-14(18)13-9-17(15(19)21-2)8-7-12(13)10-3-5-11(16)6-4-10/h3-6,9,12H,7-8H2,1-2H3. The lowest BCUT2D eigenvalue weighted by molar-refractivity contribution is -0.136. The van der Waals surface area contributed by atoms with Crippen LogP contribution >= 0.6 is 0 Å². The van der Waals surface area contributed by atoms with Crippen LogP contribution in [0, 0.1) is 5.82 Å². The summed E-state index contributed by atoms with van der Waals surface area (Å²) in [6.45, 7) is 0.412. The number of esters is 1. The first-order valence-corrected chi connectivity index (χ1v) is 6.47. The van der Waals surface area contributed by atoms with Gasteiger partial charge in [-0.3, -0.25) is 4.90 Å². The molecule has 1 aliphatic rings. The molecule has 1 unspecified atom stereocenters. The third-order valence-electron chi connectivity index (χ3n) is 3.43. The molecule has 1 amide bonds. The Kier molecular flexibility index (Phi) is 4.57. The molecule has 0 saturated heterocycles. The van der Waals surface area contributed by atoms with Crippen molar-refractivity contribution in [3.63, 3.8) is 0 Å². The van der Waals surface area contributed by atoms with Crippen molar-refractivity contribution < 1.29 is 23.5 Å². The number of hydrogen-bond donors (Lipinski definition) is 0. The van der Waals surface area contributed by atoms with Gasteiger partial charge in [0, 0.05) is 18.7 Å². The van der Waals surface area contributed by atoms with Crippen LogP contribution in [-0.2, 0) is 14.3 Å². The molecule has 5 nitrogen and oxygen atoms in total. The minimum absolute atomic E-state index is 0.237. The summed E-state index contributed by atoms with van der Waals surface area (Å²) in [5, 5.41) is 0. The Bertz CT molecular complexity index is 568. The van der Waals surface area contributed by atoms with Crippen LogP contribution in [0.15, 0.2) is 36.0 Å². The Morgan fingerprint density at radius 3 is 2.43 bits per heavy atom. The largest absolute Gasteiger partial charge is 0.466 e. The molecule has 1 aromatic carbocycles. The molecule has 0 aromatic heterocycles. The number of methoxy groups -OCH3 is 2. The molecule has 1 aromatic rings. The monoisotopic (exact) mass is 293 g/mol. The molecule has 0 aliphatic carbocycles. The lowest BCUT2D eigenvalue weighted by Crippen LogP contribution is -2.34. The van der Waals surface area contributed by atoms with E-state index in [1.807, 2.05) is 0 Å². The Morgan fingerprint density at radius 2 is 1.86 bits per heavy atom. The number of amides is 1. The van der Waals surface area contributed by atoms with Gasteiger partial charge in [-0.2, -0.15) is 0 Å². The fraction of sp³-hybridized carbons (Fsp3) is 0.333. The van der Waals surface area contributed by atoms with Crippen molar-refractivity contribution in [2.24, 2.45) is 0 Å². The number of carbonyl (C=O) groups is 2. The zero-order valence-electron chi connectivity index (χ0n) is 11.8. The van der Waals surface area contributed by atoms with Gasteiger partial charge in [0.15, 0.2) is 0 Å². The molecule has 0 saturated carbocycles. The van der Waals surface area contributed by atoms with Gasteiger partial charge in [-0.1, -0.05) is 12.1 Å². The van der Waals surface area contributed by atoms with E-state index in [2.05, 4.69) is 4.74 Å². The van der Waals surface area contributed by atoms with Gasteiger partial charge in [0.2, 0.25) is 0 Å². The second kappa shape index (κ2) is 6.39. The van der Waals surface area contributed by atoms with Gasteiger partial charge in [0.25, 0.3) is 0 Å². The SMILES string of the molecule is COC(=O)C1=CN(C(=O)OC)CCC1c1ccc(F)cc1. The number of carbonyl (C=O) groups excluding carboxylic acids is 2. The van der Waals surface area contributed by atoms with Gasteiger partial charge in [-0.25, -0.2) is 14.0 Å². The number of ether oxygens (including phenoxy) is 2. The summed E-state index contributed by atoms with van der Waals surface area (Å²) in [5.41, 5.74) is 1.15. The molecule has 0 N–H and O–H groups in total. The summed E-state index contributed by atoms with van der Waals surface area (Å²) in [6.07, 6.45) is 1.44. The normalized spacial score (nSPS) is 18.0. The Hall–Kier alpha value is -2.37. The molecule has 2 rings (SSSR count). The summed E-state index contributed by atoms with van der Waals surface area (Å²) < 4.78 is 22.4. The predicted molar refractivity (Wildman–Crippen MR) is 73.0 cm³/mol. The molecule has 0 radical (unpaired) electrons. The van der Waals surface area contributed by atoms with E-state index in [0.717, 1.165) is 5.56 Å². The van der Waals surface area contributed by atoms with Crippen LogP contribution in [0.25, 0.3) is 0 Å². The zero-order chi connectivity index (χ0) is 15.4. The fourth-order valence-electron chi connectivity index (χ4n) is 2.36. The van der Waals surface area contributed by atoms with Crippen molar-refractivity contribution in [2.45, 2.75) is 12.3 Å². The highest BCUT2D eigenvalue weighted by molar-refractivity contribution is 5.91. The highest BCUT2D eigenvalue weighted by atomic mass is 19.1. The fourth-order valence-corrected chi connectivity index (χ4v) is 2.36. The molecule has 6 heteroatoms. The van der Waals surface area contributed by atoms with Crippen molar-refractivity contribution in [3.8, 4) is 0 Å². The summed E-state index contributed by atoms with van der Waals surface area (Å²) in [5.74, 6) is -1.09. The molecule has 112 valence electrons. The lowest BCUT2D eigenvalue weighted by Gasteiger charge is -2.29. The summed E-state index contributed by atoms with van der Waals surface area (Å²) >= 11 is 0. The number of benzene rings is 1. The average Bonchev–Trinajstić information content (AvgIpc) is 2.53. The van der Waals surface area contributed by atoms with E-state index in [4.69, 9.17) is 4.74 Å². The van der Waals surface area contributed by atoms with Crippen LogP contribution in [0.4, 0.5) is 9.18 Å². The van der Waals surface area contributed by atoms with Gasteiger partial charge in [-0.15, -0.1) is 0 Å². The quantitative estimate of drug-likeness (QED) is 0.786. The third kappa shape index (κ3) is 3.21. The van der Waals surface area contributed by atoms with E-state index in [-0.39, 0.29) is 11.7 Å². The second-order valence-electron chi connectivity index (χ2n) is 4.63. The van der Waals surface area contributed by atoms with Crippen LogP contribution in [0.5, 0.6) is 0 Å². The molecule has 1 aliphatic heterocycles. The highest BCUT2D eigenvalue weighted by Gasteiger charge is 2.30. The predicted octanol–water partition coefficient (Wildman–Crippen LogP) is 2.44. The maximum absolute atomic E-state index is 13.0. The summed E-state index contributed by atoms with van der Waals surface area (Å²) in [4.78, 5) is 24.8. The molecule has 0 fully saturated rings. The van der Waals surface area contributed by atoms with Gasteiger partial charge in [0.1, 0.15) is 5.82 Å². The molecule has 0 bridgehead atoms. The highest BCUT2D eigenvalue weighted by Crippen LogP contribution is 2.33. The van der Waals surface area contributed by atoms with Crippen LogP contribution in [0.1, 0.15) is 17.9 Å².